The average molecular weight is 1890 g/mol. The van der Waals surface area contributed by atoms with Crippen LogP contribution in [0.15, 0.2) is 297 Å². The summed E-state index contributed by atoms with van der Waals surface area (Å²) in [4.78, 5) is 116. The van der Waals surface area contributed by atoms with E-state index in [9.17, 15) is 83.0 Å². The van der Waals surface area contributed by atoms with Gasteiger partial charge < -0.3 is 62.3 Å². The number of carbonyl (C=O) groups is 10. The Morgan fingerprint density at radius 2 is 0.496 bits per heavy atom. The van der Waals surface area contributed by atoms with E-state index in [-0.39, 0.29) is 35.9 Å². The number of halogens is 1. The number of nitrogens with one attached hydrogen (secondary N) is 5. The molecule has 139 heavy (non-hydrogen) atoms. The highest BCUT2D eigenvalue weighted by molar-refractivity contribution is 5.98. The lowest BCUT2D eigenvalue weighted by molar-refractivity contribution is -0.123. The van der Waals surface area contributed by atoms with Crippen molar-refractivity contribution in [3.63, 3.8) is 0 Å². The van der Waals surface area contributed by atoms with Gasteiger partial charge in [-0.2, -0.15) is 0 Å². The normalized spacial score (nSPS) is 11.0. The lowest BCUT2D eigenvalue weighted by Crippen LogP contribution is -2.25. The van der Waals surface area contributed by atoms with E-state index < -0.39 is 54.4 Å². The average Bonchev–Trinajstić information content (AvgIpc) is 0.871. The number of aliphatic hydroxyl groups is 2. The van der Waals surface area contributed by atoms with Gasteiger partial charge in [0.25, 0.3) is 5.91 Å². The molecule has 0 aliphatic carbocycles. The Balaban J connectivity index is 0.000000214. The first-order valence-electron chi connectivity index (χ1n) is 47.9. The zero-order valence-corrected chi connectivity index (χ0v) is 79.5. The number of aromatic carboxylic acids is 5. The molecule has 0 fully saturated rings. The molecule has 0 saturated carbocycles. The van der Waals surface area contributed by atoms with Crippen LogP contribution in [0.3, 0.4) is 0 Å². The minimum Gasteiger partial charge on any atom is -0.478 e. The summed E-state index contributed by atoms with van der Waals surface area (Å²) in [5, 5.41) is 78.9. The molecule has 0 aliphatic heterocycles. The third kappa shape index (κ3) is 39.1. The van der Waals surface area contributed by atoms with Crippen LogP contribution in [-0.4, -0.2) is 108 Å². The van der Waals surface area contributed by atoms with Crippen LogP contribution in [0.5, 0.6) is 0 Å². The van der Waals surface area contributed by atoms with Crippen molar-refractivity contribution in [1.82, 2.24) is 0 Å². The molecule has 23 heteroatoms. The van der Waals surface area contributed by atoms with Gasteiger partial charge in [-0.3, -0.25) is 24.0 Å². The van der Waals surface area contributed by atoms with E-state index in [1.54, 1.807) is 72.8 Å². The third-order valence-electron chi connectivity index (χ3n) is 23.7. The van der Waals surface area contributed by atoms with E-state index in [1.807, 2.05) is 220 Å². The summed E-state index contributed by atoms with van der Waals surface area (Å²) < 4.78 is 13.0. The first-order valence-corrected chi connectivity index (χ1v) is 47.9. The SMILES string of the molecule is CCC(=O)Nc1ccccc1CCCCCc1ccccc1C(=O)O.CCC(C(=O)Nc1ccccc1CCCCCc1ccccc1C(=O)O)c1ccccc1.C[C@H](O)C(=O)Nc1ccccc1CCCCCc1ccccc1C(=O)O.O=C(CO)Nc1ccccc1CCCCCc1ccccc1C(=O)O.O=C(Cc1ccc(F)cc1)Nc1ccccc1CCCCCc1ccccc1C(=O)O. The maximum absolute atomic E-state index is 13.0. The highest BCUT2D eigenvalue weighted by Crippen LogP contribution is 2.29. The molecule has 0 radical (unpaired) electrons. The van der Waals surface area contributed by atoms with Crippen LogP contribution in [0.25, 0.3) is 0 Å². The fraction of sp³-hybridized carbons (Fsp3) is 0.293. The molecule has 0 saturated heterocycles. The summed E-state index contributed by atoms with van der Waals surface area (Å²) in [6.07, 6.45) is 22.7. The summed E-state index contributed by atoms with van der Waals surface area (Å²) in [6.45, 7) is 4.78. The van der Waals surface area contributed by atoms with E-state index in [2.05, 4.69) is 32.7 Å². The first-order chi connectivity index (χ1) is 67.3. The Hall–Kier alpha value is -14.8. The van der Waals surface area contributed by atoms with Gasteiger partial charge in [0.05, 0.1) is 40.2 Å². The number of aryl methyl sites for hydroxylation is 10. The van der Waals surface area contributed by atoms with Crippen molar-refractivity contribution in [2.24, 2.45) is 0 Å². The Bertz CT molecular complexity index is 5800. The predicted octanol–water partition coefficient (Wildman–Crippen LogP) is 23.8. The van der Waals surface area contributed by atoms with Gasteiger partial charge in [0.15, 0.2) is 0 Å². The summed E-state index contributed by atoms with van der Waals surface area (Å²) in [7, 11) is 0. The van der Waals surface area contributed by atoms with E-state index in [4.69, 9.17) is 5.11 Å². The largest absolute Gasteiger partial charge is 0.478 e. The molecule has 12 aromatic rings. The molecule has 12 N–H and O–H groups in total. The summed E-state index contributed by atoms with van der Waals surface area (Å²) in [5.74, 6) is -5.80. The number of carboxylic acids is 5. The van der Waals surface area contributed by atoms with E-state index in [1.165, 1.54) is 19.1 Å². The van der Waals surface area contributed by atoms with Crippen LogP contribution in [0, 0.1) is 5.82 Å². The van der Waals surface area contributed by atoms with Crippen molar-refractivity contribution in [1.29, 1.82) is 0 Å². The number of amides is 5. The minimum absolute atomic E-state index is 0.0245. The number of para-hydroxylation sites is 5. The second-order valence-corrected chi connectivity index (χ2v) is 33.9. The smallest absolute Gasteiger partial charge is 0.335 e. The molecule has 728 valence electrons. The molecule has 2 atom stereocenters. The second-order valence-electron chi connectivity index (χ2n) is 33.9. The monoisotopic (exact) mass is 1880 g/mol. The van der Waals surface area contributed by atoms with Gasteiger partial charge >= 0.3 is 29.8 Å². The van der Waals surface area contributed by atoms with Crippen LogP contribution in [0.2, 0.25) is 0 Å². The van der Waals surface area contributed by atoms with Gasteiger partial charge in [-0.05, 0) is 281 Å². The lowest BCUT2D eigenvalue weighted by atomic mass is 9.95. The third-order valence-corrected chi connectivity index (χ3v) is 23.7. The fourth-order valence-corrected chi connectivity index (χ4v) is 16.2. The number of unbranched alkanes of at least 4 members (excludes halogenated alkanes) is 10. The summed E-state index contributed by atoms with van der Waals surface area (Å²) in [5.41, 5.74) is 17.5. The Morgan fingerprint density at radius 3 is 0.755 bits per heavy atom. The van der Waals surface area contributed by atoms with Crippen molar-refractivity contribution in [3.05, 3.63) is 398 Å². The van der Waals surface area contributed by atoms with Gasteiger partial charge in [-0.15, -0.1) is 0 Å². The van der Waals surface area contributed by atoms with Gasteiger partial charge in [-0.1, -0.05) is 270 Å². The number of rotatable bonds is 48. The maximum Gasteiger partial charge on any atom is 0.335 e. The van der Waals surface area contributed by atoms with Gasteiger partial charge in [-0.25, -0.2) is 28.4 Å². The van der Waals surface area contributed by atoms with E-state index >= 15 is 0 Å². The van der Waals surface area contributed by atoms with Crippen molar-refractivity contribution in [3.8, 4) is 0 Å². The number of carbonyl (C=O) groups excluding carboxylic acids is 5. The van der Waals surface area contributed by atoms with Crippen LogP contribution in [-0.2, 0) is 94.6 Å². The molecule has 0 aliphatic rings. The highest BCUT2D eigenvalue weighted by atomic mass is 19.1. The molecule has 12 aromatic carbocycles. The topological polar surface area (TPSA) is 372 Å². The molecule has 12 rings (SSSR count). The fourth-order valence-electron chi connectivity index (χ4n) is 16.2. The van der Waals surface area contributed by atoms with E-state index in [0.717, 1.165) is 262 Å². The van der Waals surface area contributed by atoms with Crippen molar-refractivity contribution in [2.75, 3.05) is 33.2 Å². The molecule has 0 heterocycles. The first kappa shape index (κ1) is 110. The quantitative estimate of drug-likeness (QED) is 0.0158. The maximum atomic E-state index is 13.0. The lowest BCUT2D eigenvalue weighted by Gasteiger charge is -2.17. The predicted molar refractivity (Wildman–Crippen MR) is 547 cm³/mol. The van der Waals surface area contributed by atoms with Crippen LogP contribution < -0.4 is 26.6 Å². The van der Waals surface area contributed by atoms with Crippen molar-refractivity contribution < 1.29 is 88.1 Å². The molecular formula is C116H130FN5O17. The summed E-state index contributed by atoms with van der Waals surface area (Å²) in [6, 6.07) is 90.3. The van der Waals surface area contributed by atoms with Gasteiger partial charge in [0.1, 0.15) is 18.5 Å². The second kappa shape index (κ2) is 61.3. The zero-order chi connectivity index (χ0) is 99.9. The number of hydrogen-bond acceptors (Lipinski definition) is 12. The summed E-state index contributed by atoms with van der Waals surface area (Å²) >= 11 is 0. The number of hydrogen-bond donors (Lipinski definition) is 12. The molecule has 5 amide bonds. The Morgan fingerprint density at radius 1 is 0.266 bits per heavy atom. The van der Waals surface area contributed by atoms with Crippen LogP contribution in [0.4, 0.5) is 32.8 Å². The van der Waals surface area contributed by atoms with Crippen molar-refractivity contribution >= 4 is 87.8 Å². The number of anilines is 5. The van der Waals surface area contributed by atoms with Crippen LogP contribution >= 0.6 is 0 Å². The highest BCUT2D eigenvalue weighted by Gasteiger charge is 2.22. The van der Waals surface area contributed by atoms with Crippen molar-refractivity contribution in [2.45, 2.75) is 213 Å². The van der Waals surface area contributed by atoms with E-state index in [0.29, 0.717) is 34.2 Å². The number of benzene rings is 12. The standard InChI is InChI=1S/C28H31NO3.C26H26FNO3.C21H25NO4.C21H25NO3.C20H23NO4/c1-2-24(21-13-5-3-6-14-21)27(30)29-26-20-12-10-18-23(26)17-8-4-7-15-22-16-9-11-19-25(22)28(31)32;27-22-16-14-19(15-17-22)18-25(29)28-24-13-7-5-11-21(24)10-3-1-2-8-20-9-4-6-12-23(20)26(30)31;1-15(23)20(24)22-19-14-8-6-12-17(19)11-4-2-3-9-16-10-5-7-13-18(16)21(25)26;1-2-20(23)22-19-15-9-7-13-17(19)12-5-3-4-10-16-11-6-8-14-18(16)21(24)25;22-14-19(23)21-18-13-7-5-11-16(18)10-3-1-2-8-15-9-4-6-12-17(15)20(24)25/h3,5-6,9-14,16,18-20,24H,2,4,7-8,15,17H2,1H3,(H,29,30)(H,31,32);4-7,9,11-17H,1-3,8,10,18H2,(H,28,29)(H,30,31);5-8,10,12-15,23H,2-4,9,11H2,1H3,(H,22,24)(H,25,26);6-9,11,13-15H,2-5,10,12H2,1H3,(H,22,23)(H,24,25);4-7,9,11-13,22H,1-3,8,10,14H2,(H,21,23)(H,24,25)/t;;15-;;/m..0../s1. The Labute approximate surface area is 814 Å². The van der Waals surface area contributed by atoms with Crippen LogP contribution in [0.1, 0.15) is 254 Å². The molecule has 0 aromatic heterocycles. The zero-order valence-electron chi connectivity index (χ0n) is 79.5. The molecule has 22 nitrogen and oxygen atoms in total. The van der Waals surface area contributed by atoms with Gasteiger partial charge in [0.2, 0.25) is 23.6 Å². The van der Waals surface area contributed by atoms with Gasteiger partial charge in [0, 0.05) is 34.9 Å². The molecule has 0 spiro atoms. The Kier molecular flexibility index (Phi) is 48.3. The number of carboxylic acid groups (broad SMARTS) is 5. The molecular weight excluding hydrogens is 1750 g/mol. The molecule has 1 unspecified atom stereocenters. The number of aliphatic hydroxyl groups excluding tert-OH is 2. The minimum atomic E-state index is -1.04. The molecule has 0 bridgehead atoms.